The summed E-state index contributed by atoms with van der Waals surface area (Å²) < 4.78 is 14.9. The number of nitrogens with zero attached hydrogens (tertiary/aromatic N) is 3. The van der Waals surface area contributed by atoms with Crippen LogP contribution in [-0.4, -0.2) is 28.1 Å². The summed E-state index contributed by atoms with van der Waals surface area (Å²) in [7, 11) is 0. The second-order valence-electron chi connectivity index (χ2n) is 5.00. The van der Waals surface area contributed by atoms with Gasteiger partial charge in [-0.25, -0.2) is 9.07 Å². The lowest BCUT2D eigenvalue weighted by Crippen LogP contribution is -2.26. The Bertz CT molecular complexity index is 546. The minimum absolute atomic E-state index is 0.212. The zero-order chi connectivity index (χ0) is 13.1. The summed E-state index contributed by atoms with van der Waals surface area (Å²) in [4.78, 5) is 0. The van der Waals surface area contributed by atoms with E-state index in [1.54, 1.807) is 10.7 Å². The molecule has 1 aliphatic rings. The largest absolute Gasteiger partial charge is 0.317 e. The number of nitrogens with one attached hydrogen (secondary N) is 1. The van der Waals surface area contributed by atoms with Crippen molar-refractivity contribution in [1.29, 1.82) is 0 Å². The van der Waals surface area contributed by atoms with Crippen molar-refractivity contribution in [1.82, 2.24) is 20.3 Å². The standard InChI is InChI=1S/C14H17FN4/c15-13-3-1-2-11(8-13)9-19-10-14(17-18-19)12-4-6-16-7-5-12/h1-3,8,10,12,16H,4-7,9H2. The molecule has 1 aromatic carbocycles. The minimum Gasteiger partial charge on any atom is -0.317 e. The molecule has 0 unspecified atom stereocenters. The fourth-order valence-electron chi connectivity index (χ4n) is 2.52. The maximum atomic E-state index is 13.1. The molecule has 100 valence electrons. The highest BCUT2D eigenvalue weighted by Gasteiger charge is 2.18. The first kappa shape index (κ1) is 12.3. The Hall–Kier alpha value is -1.75. The lowest BCUT2D eigenvalue weighted by Gasteiger charge is -2.20. The molecule has 0 bridgehead atoms. The smallest absolute Gasteiger partial charge is 0.123 e. The van der Waals surface area contributed by atoms with Crippen molar-refractivity contribution in [2.75, 3.05) is 13.1 Å². The van der Waals surface area contributed by atoms with Crippen LogP contribution in [0.2, 0.25) is 0 Å². The Morgan fingerprint density at radius 2 is 2.16 bits per heavy atom. The lowest BCUT2D eigenvalue weighted by molar-refractivity contribution is 0.453. The van der Waals surface area contributed by atoms with Gasteiger partial charge in [0.05, 0.1) is 12.2 Å². The fourth-order valence-corrected chi connectivity index (χ4v) is 2.52. The molecule has 0 amide bonds. The Morgan fingerprint density at radius 1 is 1.32 bits per heavy atom. The second kappa shape index (κ2) is 5.48. The van der Waals surface area contributed by atoms with Crippen LogP contribution in [0.25, 0.3) is 0 Å². The molecule has 19 heavy (non-hydrogen) atoms. The number of piperidine rings is 1. The van der Waals surface area contributed by atoms with Crippen molar-refractivity contribution in [3.05, 3.63) is 47.5 Å². The van der Waals surface area contributed by atoms with Gasteiger partial charge in [-0.05, 0) is 43.6 Å². The molecular weight excluding hydrogens is 243 g/mol. The van der Waals surface area contributed by atoms with Crippen LogP contribution in [-0.2, 0) is 6.54 Å². The molecule has 0 aliphatic carbocycles. The number of rotatable bonds is 3. The van der Waals surface area contributed by atoms with Crippen LogP contribution in [0.4, 0.5) is 4.39 Å². The Morgan fingerprint density at radius 3 is 2.95 bits per heavy atom. The molecule has 1 aliphatic heterocycles. The van der Waals surface area contributed by atoms with Crippen molar-refractivity contribution in [3.63, 3.8) is 0 Å². The van der Waals surface area contributed by atoms with E-state index in [2.05, 4.69) is 15.6 Å². The van der Waals surface area contributed by atoms with Gasteiger partial charge in [0.25, 0.3) is 0 Å². The minimum atomic E-state index is -0.212. The molecule has 5 heteroatoms. The zero-order valence-corrected chi connectivity index (χ0v) is 10.7. The second-order valence-corrected chi connectivity index (χ2v) is 5.00. The summed E-state index contributed by atoms with van der Waals surface area (Å²) in [5.41, 5.74) is 1.96. The first-order valence-electron chi connectivity index (χ1n) is 6.66. The van der Waals surface area contributed by atoms with Crippen LogP contribution in [0.5, 0.6) is 0 Å². The molecule has 3 rings (SSSR count). The highest BCUT2D eigenvalue weighted by Crippen LogP contribution is 2.22. The molecule has 0 atom stereocenters. The topological polar surface area (TPSA) is 42.7 Å². The van der Waals surface area contributed by atoms with E-state index in [0.29, 0.717) is 12.5 Å². The van der Waals surface area contributed by atoms with Gasteiger partial charge in [-0.1, -0.05) is 17.3 Å². The van der Waals surface area contributed by atoms with Crippen molar-refractivity contribution >= 4 is 0 Å². The third-order valence-corrected chi connectivity index (χ3v) is 3.55. The molecule has 1 saturated heterocycles. The van der Waals surface area contributed by atoms with Gasteiger partial charge in [0.2, 0.25) is 0 Å². The Labute approximate surface area is 111 Å². The van der Waals surface area contributed by atoms with Crippen molar-refractivity contribution < 1.29 is 4.39 Å². The molecule has 2 aromatic rings. The first-order chi connectivity index (χ1) is 9.31. The summed E-state index contributed by atoms with van der Waals surface area (Å²) in [6.07, 6.45) is 4.21. The third-order valence-electron chi connectivity index (χ3n) is 3.55. The fraction of sp³-hybridized carbons (Fsp3) is 0.429. The summed E-state index contributed by atoms with van der Waals surface area (Å²) >= 11 is 0. The van der Waals surface area contributed by atoms with Crippen LogP contribution >= 0.6 is 0 Å². The van der Waals surface area contributed by atoms with Crippen LogP contribution in [0.15, 0.2) is 30.5 Å². The predicted octanol–water partition coefficient (Wildman–Crippen LogP) is 1.93. The highest BCUT2D eigenvalue weighted by molar-refractivity contribution is 5.16. The molecule has 4 nitrogen and oxygen atoms in total. The quantitative estimate of drug-likeness (QED) is 0.917. The van der Waals surface area contributed by atoms with Gasteiger partial charge in [-0.15, -0.1) is 5.10 Å². The van der Waals surface area contributed by atoms with Gasteiger partial charge < -0.3 is 5.32 Å². The zero-order valence-electron chi connectivity index (χ0n) is 10.7. The summed E-state index contributed by atoms with van der Waals surface area (Å²) in [6, 6.07) is 6.60. The van der Waals surface area contributed by atoms with Crippen LogP contribution in [0.3, 0.4) is 0 Å². The maximum Gasteiger partial charge on any atom is 0.123 e. The number of halogens is 1. The first-order valence-corrected chi connectivity index (χ1v) is 6.66. The van der Waals surface area contributed by atoms with E-state index in [9.17, 15) is 4.39 Å². The molecule has 1 aromatic heterocycles. The van der Waals surface area contributed by atoms with Gasteiger partial charge in [0, 0.05) is 12.1 Å². The molecule has 0 radical (unpaired) electrons. The molecule has 0 saturated carbocycles. The van der Waals surface area contributed by atoms with Crippen molar-refractivity contribution in [2.45, 2.75) is 25.3 Å². The van der Waals surface area contributed by atoms with Gasteiger partial charge in [-0.3, -0.25) is 0 Å². The predicted molar refractivity (Wildman–Crippen MR) is 70.4 cm³/mol. The van der Waals surface area contributed by atoms with Gasteiger partial charge in [-0.2, -0.15) is 0 Å². The SMILES string of the molecule is Fc1cccc(Cn2cc(C3CCNCC3)nn2)c1. The van der Waals surface area contributed by atoms with Crippen molar-refractivity contribution in [3.8, 4) is 0 Å². The average molecular weight is 260 g/mol. The number of aromatic nitrogens is 3. The summed E-state index contributed by atoms with van der Waals surface area (Å²) in [5.74, 6) is 0.290. The average Bonchev–Trinajstić information content (AvgIpc) is 2.88. The van der Waals surface area contributed by atoms with Gasteiger partial charge >= 0.3 is 0 Å². The van der Waals surface area contributed by atoms with E-state index in [1.165, 1.54) is 12.1 Å². The molecule has 2 heterocycles. The van der Waals surface area contributed by atoms with Crippen LogP contribution < -0.4 is 5.32 Å². The Balaban J connectivity index is 1.70. The normalized spacial score (nSPS) is 16.7. The van der Waals surface area contributed by atoms with E-state index in [0.717, 1.165) is 37.2 Å². The monoisotopic (exact) mass is 260 g/mol. The van der Waals surface area contributed by atoms with Gasteiger partial charge in [0.15, 0.2) is 0 Å². The number of hydrogen-bond acceptors (Lipinski definition) is 3. The molecule has 0 spiro atoms. The third kappa shape index (κ3) is 2.98. The van der Waals surface area contributed by atoms with Gasteiger partial charge in [0.1, 0.15) is 5.82 Å². The molecule has 1 N–H and O–H groups in total. The highest BCUT2D eigenvalue weighted by atomic mass is 19.1. The molecular formula is C14H17FN4. The van der Waals surface area contributed by atoms with E-state index >= 15 is 0 Å². The number of hydrogen-bond donors (Lipinski definition) is 1. The summed E-state index contributed by atoms with van der Waals surface area (Å²) in [6.45, 7) is 2.65. The number of benzene rings is 1. The lowest BCUT2D eigenvalue weighted by atomic mass is 9.95. The maximum absolute atomic E-state index is 13.1. The van der Waals surface area contributed by atoms with Crippen LogP contribution in [0.1, 0.15) is 30.0 Å². The van der Waals surface area contributed by atoms with Crippen molar-refractivity contribution in [2.24, 2.45) is 0 Å². The Kier molecular flexibility index (Phi) is 3.55. The van der Waals surface area contributed by atoms with E-state index in [4.69, 9.17) is 0 Å². The summed E-state index contributed by atoms with van der Waals surface area (Å²) in [5, 5.41) is 11.7. The van der Waals surface area contributed by atoms with E-state index in [-0.39, 0.29) is 5.82 Å². The van der Waals surface area contributed by atoms with E-state index < -0.39 is 0 Å². The molecule has 1 fully saturated rings. The van der Waals surface area contributed by atoms with Crippen LogP contribution in [0, 0.1) is 5.82 Å². The van der Waals surface area contributed by atoms with E-state index in [1.807, 2.05) is 12.3 Å².